The Kier molecular flexibility index (Phi) is 5.66. The van der Waals surface area contributed by atoms with Crippen LogP contribution in [0.5, 0.6) is 17.2 Å². The summed E-state index contributed by atoms with van der Waals surface area (Å²) in [5.41, 5.74) is 4.39. The second-order valence-corrected chi connectivity index (χ2v) is 6.67. The normalized spacial score (nSPS) is 13.7. The van der Waals surface area contributed by atoms with Crippen molar-refractivity contribution >= 4 is 11.1 Å². The van der Waals surface area contributed by atoms with Crippen molar-refractivity contribution in [1.82, 2.24) is 0 Å². The summed E-state index contributed by atoms with van der Waals surface area (Å²) >= 11 is 0. The van der Waals surface area contributed by atoms with E-state index in [4.69, 9.17) is 14.2 Å². The van der Waals surface area contributed by atoms with E-state index in [-0.39, 0.29) is 0 Å². The molecule has 0 spiro atoms. The number of hydrogen-bond acceptors (Lipinski definition) is 3. The number of hydrogen-bond donors (Lipinski definition) is 0. The van der Waals surface area contributed by atoms with Crippen LogP contribution in [-0.2, 0) is 4.74 Å². The minimum Gasteiger partial charge on any atom is -0.497 e. The van der Waals surface area contributed by atoms with Crippen LogP contribution < -0.4 is 9.47 Å². The van der Waals surface area contributed by atoms with Crippen LogP contribution in [-0.4, -0.2) is 14.2 Å². The molecule has 29 heavy (non-hydrogen) atoms. The molecule has 1 radical (unpaired) electrons. The van der Waals surface area contributed by atoms with E-state index in [1.807, 2.05) is 54.6 Å². The summed E-state index contributed by atoms with van der Waals surface area (Å²) in [6.45, 7) is 0. The third kappa shape index (κ3) is 4.19. The molecule has 3 nitrogen and oxygen atoms in total. The van der Waals surface area contributed by atoms with Gasteiger partial charge < -0.3 is 14.2 Å². The molecule has 0 fully saturated rings. The van der Waals surface area contributed by atoms with E-state index < -0.39 is 0 Å². The maximum Gasteiger partial charge on any atom is 0.130 e. The summed E-state index contributed by atoms with van der Waals surface area (Å²) in [7, 11) is 3.40. The Morgan fingerprint density at radius 1 is 0.621 bits per heavy atom. The first-order valence-corrected chi connectivity index (χ1v) is 9.58. The highest BCUT2D eigenvalue weighted by Gasteiger charge is 2.20. The van der Waals surface area contributed by atoms with Gasteiger partial charge in [-0.3, -0.25) is 0 Å². The van der Waals surface area contributed by atoms with E-state index in [9.17, 15) is 0 Å². The van der Waals surface area contributed by atoms with E-state index in [0.717, 1.165) is 51.7 Å². The molecule has 1 aliphatic carbocycles. The Balaban J connectivity index is 1.61. The summed E-state index contributed by atoms with van der Waals surface area (Å²) in [6.07, 6.45) is 5.24. The number of methoxy groups -OCH3 is 2. The Morgan fingerprint density at radius 2 is 1.24 bits per heavy atom. The van der Waals surface area contributed by atoms with Crippen molar-refractivity contribution < 1.29 is 14.2 Å². The molecule has 3 aromatic carbocycles. The highest BCUT2D eigenvalue weighted by atomic mass is 16.5. The van der Waals surface area contributed by atoms with Crippen LogP contribution in [0, 0.1) is 6.42 Å². The maximum absolute atomic E-state index is 5.91. The summed E-state index contributed by atoms with van der Waals surface area (Å²) < 4.78 is 17.0. The molecule has 0 unspecified atom stereocenters. The van der Waals surface area contributed by atoms with Crippen LogP contribution in [0.25, 0.3) is 11.1 Å². The van der Waals surface area contributed by atoms with Crippen molar-refractivity contribution in [3.63, 3.8) is 0 Å². The first-order valence-electron chi connectivity index (χ1n) is 9.58. The number of ether oxygens (including phenoxy) is 3. The minimum absolute atomic E-state index is 0.807. The zero-order chi connectivity index (χ0) is 20.1. The highest BCUT2D eigenvalue weighted by Crippen LogP contribution is 2.38. The monoisotopic (exact) mass is 383 g/mol. The molecule has 0 bridgehead atoms. The van der Waals surface area contributed by atoms with Gasteiger partial charge in [-0.15, -0.1) is 0 Å². The molecule has 0 saturated heterocycles. The molecule has 3 heteroatoms. The SMILES string of the molecule is COC1=C(c2ccc(OC)cc2)[CH]CC=C1c1ccc(Oc2ccccc2)cc1. The first kappa shape index (κ1) is 18.9. The van der Waals surface area contributed by atoms with Gasteiger partial charge in [-0.05, 0) is 60.4 Å². The van der Waals surface area contributed by atoms with E-state index in [2.05, 4.69) is 36.8 Å². The van der Waals surface area contributed by atoms with E-state index in [1.165, 1.54) is 0 Å². The fourth-order valence-corrected chi connectivity index (χ4v) is 3.44. The molecule has 3 aromatic rings. The zero-order valence-corrected chi connectivity index (χ0v) is 16.6. The van der Waals surface area contributed by atoms with Crippen LogP contribution in [0.4, 0.5) is 0 Å². The molecule has 0 aliphatic heterocycles. The van der Waals surface area contributed by atoms with Gasteiger partial charge in [0.05, 0.1) is 14.2 Å². The van der Waals surface area contributed by atoms with Crippen LogP contribution in [0.3, 0.4) is 0 Å². The molecule has 4 rings (SSSR count). The molecule has 0 heterocycles. The number of allylic oxidation sites excluding steroid dienone is 3. The standard InChI is InChI=1S/C26H23O3/c1-27-21-15-11-19(12-16-21)24-9-6-10-25(26(24)28-2)20-13-17-23(18-14-20)29-22-7-4-3-5-8-22/h3-5,7-18H,6H2,1-2H3. The van der Waals surface area contributed by atoms with E-state index in [1.54, 1.807) is 14.2 Å². The number of para-hydroxylation sites is 1. The smallest absolute Gasteiger partial charge is 0.130 e. The minimum atomic E-state index is 0.807. The Hall–Kier alpha value is -3.46. The van der Waals surface area contributed by atoms with Crippen molar-refractivity contribution in [2.45, 2.75) is 6.42 Å². The van der Waals surface area contributed by atoms with Gasteiger partial charge in [-0.25, -0.2) is 0 Å². The largest absolute Gasteiger partial charge is 0.497 e. The van der Waals surface area contributed by atoms with Crippen molar-refractivity contribution in [1.29, 1.82) is 0 Å². The van der Waals surface area contributed by atoms with E-state index in [0.29, 0.717) is 0 Å². The average Bonchev–Trinajstić information content (AvgIpc) is 2.80. The molecule has 145 valence electrons. The molecule has 0 saturated carbocycles. The predicted octanol–water partition coefficient (Wildman–Crippen LogP) is 6.54. The Labute approximate surface area is 171 Å². The lowest BCUT2D eigenvalue weighted by atomic mass is 9.89. The van der Waals surface area contributed by atoms with Crippen molar-refractivity contribution in [2.24, 2.45) is 0 Å². The first-order chi connectivity index (χ1) is 14.3. The summed E-state index contributed by atoms with van der Waals surface area (Å²) in [5, 5.41) is 0. The second-order valence-electron chi connectivity index (χ2n) is 6.67. The van der Waals surface area contributed by atoms with Crippen LogP contribution >= 0.6 is 0 Å². The van der Waals surface area contributed by atoms with Crippen LogP contribution in [0.15, 0.2) is 90.7 Å². The molecule has 0 atom stereocenters. The van der Waals surface area contributed by atoms with Crippen molar-refractivity contribution in [3.05, 3.63) is 108 Å². The quantitative estimate of drug-likeness (QED) is 0.484. The predicted molar refractivity (Wildman–Crippen MR) is 117 cm³/mol. The van der Waals surface area contributed by atoms with Crippen molar-refractivity contribution in [2.75, 3.05) is 14.2 Å². The average molecular weight is 383 g/mol. The summed E-state index contributed by atoms with van der Waals surface area (Å²) in [5.74, 6) is 3.35. The molecular weight excluding hydrogens is 360 g/mol. The van der Waals surface area contributed by atoms with E-state index >= 15 is 0 Å². The van der Waals surface area contributed by atoms with Gasteiger partial charge >= 0.3 is 0 Å². The Morgan fingerprint density at radius 3 is 1.90 bits per heavy atom. The van der Waals surface area contributed by atoms with Gasteiger partial charge in [0.15, 0.2) is 0 Å². The maximum atomic E-state index is 5.91. The van der Waals surface area contributed by atoms with Gasteiger partial charge in [0.1, 0.15) is 23.0 Å². The topological polar surface area (TPSA) is 27.7 Å². The zero-order valence-electron chi connectivity index (χ0n) is 16.6. The summed E-state index contributed by atoms with van der Waals surface area (Å²) in [4.78, 5) is 0. The third-order valence-electron chi connectivity index (χ3n) is 4.88. The van der Waals surface area contributed by atoms with Gasteiger partial charge in [-0.2, -0.15) is 0 Å². The van der Waals surface area contributed by atoms with Crippen molar-refractivity contribution in [3.8, 4) is 17.2 Å². The van der Waals surface area contributed by atoms with Gasteiger partial charge in [0, 0.05) is 11.1 Å². The fraction of sp³-hybridized carbons (Fsp3) is 0.115. The van der Waals surface area contributed by atoms with Crippen LogP contribution in [0.2, 0.25) is 0 Å². The number of benzene rings is 3. The fourth-order valence-electron chi connectivity index (χ4n) is 3.44. The number of rotatable bonds is 6. The lowest BCUT2D eigenvalue weighted by molar-refractivity contribution is 0.312. The van der Waals surface area contributed by atoms with Gasteiger partial charge in [0.25, 0.3) is 0 Å². The molecule has 1 aliphatic rings. The molecule has 0 amide bonds. The Bertz CT molecular complexity index is 1010. The third-order valence-corrected chi connectivity index (χ3v) is 4.88. The summed E-state index contributed by atoms with van der Waals surface area (Å²) in [6, 6.07) is 26.0. The van der Waals surface area contributed by atoms with Gasteiger partial charge in [0.2, 0.25) is 0 Å². The molecule has 0 N–H and O–H groups in total. The van der Waals surface area contributed by atoms with Gasteiger partial charge in [-0.1, -0.05) is 48.5 Å². The molecule has 0 aromatic heterocycles. The second kappa shape index (κ2) is 8.70. The van der Waals surface area contributed by atoms with Crippen LogP contribution in [0.1, 0.15) is 17.5 Å². The highest BCUT2D eigenvalue weighted by molar-refractivity contribution is 5.92. The molecular formula is C26H23O3. The lowest BCUT2D eigenvalue weighted by Crippen LogP contribution is -2.03. The lowest BCUT2D eigenvalue weighted by Gasteiger charge is -2.21.